The third kappa shape index (κ3) is 4.93. The Morgan fingerprint density at radius 3 is 2.33 bits per heavy atom. The fraction of sp³-hybridized carbons (Fsp3) is 0.500. The summed E-state index contributed by atoms with van der Waals surface area (Å²) < 4.78 is 5.33. The van der Waals surface area contributed by atoms with Gasteiger partial charge in [-0.05, 0) is 71.7 Å². The van der Waals surface area contributed by atoms with Gasteiger partial charge in [-0.1, -0.05) is 29.8 Å². The van der Waals surface area contributed by atoms with Crippen LogP contribution in [0.15, 0.2) is 24.3 Å². The molecule has 3 rings (SSSR count). The molecule has 1 aliphatic heterocycles. The van der Waals surface area contributed by atoms with Crippen molar-refractivity contribution >= 4 is 11.9 Å². The van der Waals surface area contributed by atoms with Gasteiger partial charge in [-0.3, -0.25) is 9.69 Å². The molecule has 6 nitrogen and oxygen atoms in total. The normalized spacial score (nSPS) is 15.4. The average molecular weight is 412 g/mol. The number of amides is 1. The average Bonchev–Trinajstić information content (AvgIpc) is 3.30. The van der Waals surface area contributed by atoms with Gasteiger partial charge in [0.25, 0.3) is 5.91 Å². The number of aryl methyl sites for hydroxylation is 2. The zero-order valence-electron chi connectivity index (χ0n) is 18.7. The Labute approximate surface area is 179 Å². The van der Waals surface area contributed by atoms with Gasteiger partial charge in [-0.25, -0.2) is 4.79 Å². The van der Waals surface area contributed by atoms with Crippen molar-refractivity contribution in [2.24, 2.45) is 0 Å². The molecule has 1 fully saturated rings. The number of likely N-dealkylation sites (tertiary alicyclic amines) is 1. The Morgan fingerprint density at radius 1 is 1.10 bits per heavy atom. The lowest BCUT2D eigenvalue weighted by Crippen LogP contribution is -2.37. The van der Waals surface area contributed by atoms with Gasteiger partial charge >= 0.3 is 5.97 Å². The number of hydrogen-bond donors (Lipinski definition) is 2. The van der Waals surface area contributed by atoms with E-state index in [9.17, 15) is 9.59 Å². The number of aromatic nitrogens is 1. The third-order valence-electron chi connectivity index (χ3n) is 5.71. The second kappa shape index (κ2) is 9.47. The molecule has 2 aromatic rings. The highest BCUT2D eigenvalue weighted by Crippen LogP contribution is 2.25. The molecular formula is C24H33N3O3. The lowest BCUT2D eigenvalue weighted by Gasteiger charge is -2.28. The first-order valence-electron chi connectivity index (χ1n) is 10.8. The molecule has 162 valence electrons. The summed E-state index contributed by atoms with van der Waals surface area (Å²) in [6.07, 6.45) is 2.17. The van der Waals surface area contributed by atoms with Crippen LogP contribution in [0.1, 0.15) is 76.0 Å². The number of carbonyl (C=O) groups excluding carboxylic acids is 2. The molecule has 0 aliphatic carbocycles. The van der Waals surface area contributed by atoms with Crippen molar-refractivity contribution in [1.29, 1.82) is 0 Å². The maximum Gasteiger partial charge on any atom is 0.340 e. The molecule has 1 unspecified atom stereocenters. The van der Waals surface area contributed by atoms with Crippen molar-refractivity contribution in [3.8, 4) is 0 Å². The number of H-pyrrole nitrogens is 1. The Morgan fingerprint density at radius 2 is 1.73 bits per heavy atom. The second-order valence-electron chi connectivity index (χ2n) is 8.46. The van der Waals surface area contributed by atoms with Crippen LogP contribution in [0.5, 0.6) is 0 Å². The molecular weight excluding hydrogens is 378 g/mol. The van der Waals surface area contributed by atoms with Gasteiger partial charge in [-0.2, -0.15) is 0 Å². The summed E-state index contributed by atoms with van der Waals surface area (Å²) in [6, 6.07) is 8.67. The molecule has 6 heteroatoms. The molecule has 0 saturated carbocycles. The van der Waals surface area contributed by atoms with Crippen molar-refractivity contribution in [2.75, 3.05) is 19.6 Å². The van der Waals surface area contributed by atoms with E-state index in [1.165, 1.54) is 24.0 Å². The Kier molecular flexibility index (Phi) is 6.98. The van der Waals surface area contributed by atoms with Gasteiger partial charge < -0.3 is 15.0 Å². The van der Waals surface area contributed by atoms with Crippen molar-refractivity contribution in [1.82, 2.24) is 15.2 Å². The van der Waals surface area contributed by atoms with E-state index in [1.807, 2.05) is 13.8 Å². The van der Waals surface area contributed by atoms with Crippen molar-refractivity contribution in [3.63, 3.8) is 0 Å². The van der Waals surface area contributed by atoms with E-state index in [0.29, 0.717) is 29.1 Å². The van der Waals surface area contributed by atoms with E-state index >= 15 is 0 Å². The summed E-state index contributed by atoms with van der Waals surface area (Å²) >= 11 is 0. The molecule has 1 amide bonds. The molecule has 2 N–H and O–H groups in total. The highest BCUT2D eigenvalue weighted by molar-refractivity contribution is 6.00. The van der Waals surface area contributed by atoms with Crippen LogP contribution in [0.2, 0.25) is 0 Å². The second-order valence-corrected chi connectivity index (χ2v) is 8.46. The minimum Gasteiger partial charge on any atom is -0.459 e. The quantitative estimate of drug-likeness (QED) is 0.674. The number of ether oxygens (including phenoxy) is 1. The number of hydrogen-bond acceptors (Lipinski definition) is 4. The maximum absolute atomic E-state index is 13.0. The topological polar surface area (TPSA) is 74.4 Å². The number of aromatic amines is 1. The minimum absolute atomic E-state index is 0.138. The highest BCUT2D eigenvalue weighted by atomic mass is 16.5. The number of carbonyl (C=O) groups is 2. The van der Waals surface area contributed by atoms with Crippen LogP contribution in [0.3, 0.4) is 0 Å². The molecule has 1 aliphatic rings. The van der Waals surface area contributed by atoms with Gasteiger partial charge in [0, 0.05) is 12.2 Å². The van der Waals surface area contributed by atoms with E-state index < -0.39 is 5.97 Å². The van der Waals surface area contributed by atoms with Crippen molar-refractivity contribution < 1.29 is 14.3 Å². The molecule has 1 aromatic heterocycles. The number of nitrogens with one attached hydrogen (secondary N) is 2. The Hall–Kier alpha value is -2.60. The van der Waals surface area contributed by atoms with Gasteiger partial charge in [0.2, 0.25) is 0 Å². The van der Waals surface area contributed by atoms with Crippen LogP contribution in [0.25, 0.3) is 0 Å². The van der Waals surface area contributed by atoms with Gasteiger partial charge in [0.15, 0.2) is 0 Å². The summed E-state index contributed by atoms with van der Waals surface area (Å²) in [6.45, 7) is 11.9. The molecule has 2 heterocycles. The van der Waals surface area contributed by atoms with Crippen LogP contribution in [0.4, 0.5) is 0 Å². The summed E-state index contributed by atoms with van der Waals surface area (Å²) in [5, 5.41) is 3.09. The molecule has 0 radical (unpaired) electrons. The van der Waals surface area contributed by atoms with Gasteiger partial charge in [0.1, 0.15) is 5.69 Å². The van der Waals surface area contributed by atoms with Crippen LogP contribution < -0.4 is 5.32 Å². The predicted molar refractivity (Wildman–Crippen MR) is 118 cm³/mol. The van der Waals surface area contributed by atoms with E-state index in [2.05, 4.69) is 46.4 Å². The van der Waals surface area contributed by atoms with Crippen LogP contribution in [-0.2, 0) is 4.74 Å². The summed E-state index contributed by atoms with van der Waals surface area (Å²) in [7, 11) is 0. The summed E-state index contributed by atoms with van der Waals surface area (Å²) in [5.41, 5.74) is 4.59. The standard InChI is InChI=1S/C24H33N3O3/c1-15(2)30-24(29)21-17(4)22(26-18(21)5)23(28)25-14-20(27-12-6-7-13-27)19-10-8-16(3)9-11-19/h8-11,15,20,26H,6-7,12-14H2,1-5H3,(H,25,28). The Balaban J connectivity index is 1.75. The molecule has 30 heavy (non-hydrogen) atoms. The minimum atomic E-state index is -0.398. The van der Waals surface area contributed by atoms with E-state index in [1.54, 1.807) is 13.8 Å². The number of esters is 1. The fourth-order valence-corrected chi connectivity index (χ4v) is 4.13. The van der Waals surface area contributed by atoms with Gasteiger partial charge in [-0.15, -0.1) is 0 Å². The first-order valence-corrected chi connectivity index (χ1v) is 10.8. The fourth-order valence-electron chi connectivity index (χ4n) is 4.13. The monoisotopic (exact) mass is 411 g/mol. The predicted octanol–water partition coefficient (Wildman–Crippen LogP) is 4.07. The lowest BCUT2D eigenvalue weighted by atomic mass is 10.0. The molecule has 0 spiro atoms. The van der Waals surface area contributed by atoms with E-state index in [0.717, 1.165) is 13.1 Å². The van der Waals surface area contributed by atoms with E-state index in [4.69, 9.17) is 4.74 Å². The third-order valence-corrected chi connectivity index (χ3v) is 5.71. The first kappa shape index (κ1) is 22.1. The molecule has 0 bridgehead atoms. The van der Waals surface area contributed by atoms with Crippen LogP contribution in [-0.4, -0.2) is 47.5 Å². The summed E-state index contributed by atoms with van der Waals surface area (Å²) in [5.74, 6) is -0.597. The smallest absolute Gasteiger partial charge is 0.340 e. The zero-order valence-corrected chi connectivity index (χ0v) is 18.7. The number of rotatable bonds is 7. The maximum atomic E-state index is 13.0. The van der Waals surface area contributed by atoms with Crippen molar-refractivity contribution in [2.45, 2.75) is 59.6 Å². The lowest BCUT2D eigenvalue weighted by molar-refractivity contribution is 0.0376. The molecule has 1 saturated heterocycles. The zero-order chi connectivity index (χ0) is 21.8. The molecule has 1 atom stereocenters. The largest absolute Gasteiger partial charge is 0.459 e. The van der Waals surface area contributed by atoms with E-state index in [-0.39, 0.29) is 18.1 Å². The number of benzene rings is 1. The van der Waals surface area contributed by atoms with Gasteiger partial charge in [0.05, 0.1) is 17.7 Å². The van der Waals surface area contributed by atoms with Crippen molar-refractivity contribution in [3.05, 3.63) is 57.9 Å². The SMILES string of the molecule is Cc1ccc(C(CNC(=O)c2[nH]c(C)c(C(=O)OC(C)C)c2C)N2CCCC2)cc1. The van der Waals surface area contributed by atoms with Crippen LogP contribution >= 0.6 is 0 Å². The number of nitrogens with zero attached hydrogens (tertiary/aromatic N) is 1. The summed E-state index contributed by atoms with van der Waals surface area (Å²) in [4.78, 5) is 30.9. The van der Waals surface area contributed by atoms with Crippen LogP contribution in [0, 0.1) is 20.8 Å². The Bertz CT molecular complexity index is 893. The molecule has 1 aromatic carbocycles. The first-order chi connectivity index (χ1) is 14.3. The highest BCUT2D eigenvalue weighted by Gasteiger charge is 2.26.